The molecule has 4 rings (SSSR count). The molecule has 1 amide bonds. The molecule has 0 aromatic heterocycles. The number of likely N-dealkylation sites (tertiary alicyclic amines) is 1. The molecule has 44 heavy (non-hydrogen) atoms. The molecule has 3 atom stereocenters. The predicted molar refractivity (Wildman–Crippen MR) is 169 cm³/mol. The number of carboxylic acid groups (broad SMARTS) is 1. The van der Waals surface area contributed by atoms with Gasteiger partial charge < -0.3 is 15.2 Å². The monoisotopic (exact) mass is 642 g/mol. The summed E-state index contributed by atoms with van der Waals surface area (Å²) in [5, 5.41) is 11.6. The highest BCUT2D eigenvalue weighted by molar-refractivity contribution is 7.91. The number of para-hydroxylation sites is 1. The van der Waals surface area contributed by atoms with Crippen molar-refractivity contribution in [3.8, 4) is 16.9 Å². The lowest BCUT2D eigenvalue weighted by Crippen LogP contribution is -2.42. The predicted octanol–water partition coefficient (Wildman–Crippen LogP) is 3.35. The minimum absolute atomic E-state index is 0.161. The molecule has 1 aliphatic heterocycles. The average Bonchev–Trinajstić information content (AvgIpc) is 3.37. The molecule has 0 radical (unpaired) electrons. The molecule has 3 unspecified atom stereocenters. The second kappa shape index (κ2) is 13.9. The number of hydrogen-bond acceptors (Lipinski definition) is 8. The quantitative estimate of drug-likeness (QED) is 0.287. The van der Waals surface area contributed by atoms with E-state index in [0.717, 1.165) is 22.9 Å². The van der Waals surface area contributed by atoms with Crippen molar-refractivity contribution in [2.75, 3.05) is 31.4 Å². The van der Waals surface area contributed by atoms with E-state index >= 15 is 0 Å². The summed E-state index contributed by atoms with van der Waals surface area (Å²) in [6.07, 6.45) is 2.43. The molecule has 3 aromatic rings. The minimum atomic E-state index is -3.43. The lowest BCUT2D eigenvalue weighted by atomic mass is 9.93. The number of ether oxygens (including phenoxy) is 1. The third-order valence-corrected chi connectivity index (χ3v) is 10.3. The van der Waals surface area contributed by atoms with Crippen molar-refractivity contribution in [1.82, 2.24) is 10.2 Å². The average molecular weight is 643 g/mol. The number of carbonyl (C=O) groups excluding carboxylic acids is 1. The number of amides is 1. The molecule has 0 spiro atoms. The first kappa shape index (κ1) is 33.2. The third-order valence-electron chi connectivity index (χ3n) is 7.81. The number of carbonyl (C=O) groups is 2. The molecule has 0 aliphatic carbocycles. The van der Waals surface area contributed by atoms with Crippen LogP contribution in [0.4, 0.5) is 0 Å². The van der Waals surface area contributed by atoms with Crippen molar-refractivity contribution in [1.29, 1.82) is 0 Å². The van der Waals surface area contributed by atoms with E-state index in [0.29, 0.717) is 37.4 Å². The van der Waals surface area contributed by atoms with E-state index in [2.05, 4.69) is 10.2 Å². The molecule has 236 valence electrons. The summed E-state index contributed by atoms with van der Waals surface area (Å²) in [5.74, 6) is -1.64. The van der Waals surface area contributed by atoms with Gasteiger partial charge in [0.25, 0.3) is 5.91 Å². The van der Waals surface area contributed by atoms with Gasteiger partial charge in [-0.1, -0.05) is 48.5 Å². The highest BCUT2D eigenvalue weighted by Gasteiger charge is 2.38. The largest absolute Gasteiger partial charge is 0.492 e. The Bertz CT molecular complexity index is 1710. The lowest BCUT2D eigenvalue weighted by molar-refractivity contribution is -0.139. The van der Waals surface area contributed by atoms with Crippen molar-refractivity contribution in [3.05, 3.63) is 89.5 Å². The zero-order chi connectivity index (χ0) is 32.1. The summed E-state index contributed by atoms with van der Waals surface area (Å²) in [7, 11) is -6.72. The maximum Gasteiger partial charge on any atom is 0.326 e. The van der Waals surface area contributed by atoms with Crippen LogP contribution in [0, 0.1) is 6.92 Å². The number of benzene rings is 3. The van der Waals surface area contributed by atoms with Crippen LogP contribution in [0.25, 0.3) is 11.1 Å². The highest BCUT2D eigenvalue weighted by Crippen LogP contribution is 2.31. The normalized spacial score (nSPS) is 18.1. The molecule has 1 saturated heterocycles. The maximum atomic E-state index is 13.5. The SMILES string of the molecule is Cc1ccccc1-c1cc(CN2CC(S(C)(=O)=O)CC2COc2ccccc2)ccc1C(=O)NC(CCS(C)(=O)=O)C(=O)O. The van der Waals surface area contributed by atoms with E-state index in [1.54, 1.807) is 12.1 Å². The number of hydrogen-bond donors (Lipinski definition) is 2. The van der Waals surface area contributed by atoms with Gasteiger partial charge in [0.2, 0.25) is 0 Å². The Morgan fingerprint density at radius 1 is 0.977 bits per heavy atom. The first-order chi connectivity index (χ1) is 20.7. The van der Waals surface area contributed by atoms with Crippen molar-refractivity contribution in [2.24, 2.45) is 0 Å². The summed E-state index contributed by atoms with van der Waals surface area (Å²) < 4.78 is 54.3. The van der Waals surface area contributed by atoms with E-state index in [4.69, 9.17) is 4.74 Å². The van der Waals surface area contributed by atoms with Crippen LogP contribution in [0.2, 0.25) is 0 Å². The van der Waals surface area contributed by atoms with E-state index in [1.165, 1.54) is 6.26 Å². The van der Waals surface area contributed by atoms with E-state index in [-0.39, 0.29) is 23.8 Å². The molecule has 2 N–H and O–H groups in total. The van der Waals surface area contributed by atoms with Crippen LogP contribution in [0.15, 0.2) is 72.8 Å². The summed E-state index contributed by atoms with van der Waals surface area (Å²) in [6.45, 7) is 2.96. The number of sulfone groups is 2. The van der Waals surface area contributed by atoms with Crippen molar-refractivity contribution >= 4 is 31.6 Å². The van der Waals surface area contributed by atoms with Gasteiger partial charge in [0, 0.05) is 37.2 Å². The highest BCUT2D eigenvalue weighted by atomic mass is 32.2. The van der Waals surface area contributed by atoms with Crippen LogP contribution in [0.5, 0.6) is 5.75 Å². The molecular weight excluding hydrogens is 604 g/mol. The molecule has 10 nitrogen and oxygen atoms in total. The number of rotatable bonds is 13. The van der Waals surface area contributed by atoms with Crippen LogP contribution < -0.4 is 10.1 Å². The summed E-state index contributed by atoms with van der Waals surface area (Å²) in [6, 6.07) is 20.5. The van der Waals surface area contributed by atoms with E-state index < -0.39 is 42.8 Å². The second-order valence-corrected chi connectivity index (χ2v) is 16.0. The Morgan fingerprint density at radius 2 is 1.66 bits per heavy atom. The van der Waals surface area contributed by atoms with Gasteiger partial charge in [-0.15, -0.1) is 0 Å². The summed E-state index contributed by atoms with van der Waals surface area (Å²) in [4.78, 5) is 27.4. The van der Waals surface area contributed by atoms with Crippen molar-refractivity contribution < 1.29 is 36.3 Å². The van der Waals surface area contributed by atoms with Gasteiger partial charge in [0.15, 0.2) is 9.84 Å². The molecule has 0 saturated carbocycles. The zero-order valence-corrected chi connectivity index (χ0v) is 26.6. The number of nitrogens with zero attached hydrogens (tertiary/aromatic N) is 1. The maximum absolute atomic E-state index is 13.5. The molecule has 3 aromatic carbocycles. The van der Waals surface area contributed by atoms with E-state index in [9.17, 15) is 31.5 Å². The van der Waals surface area contributed by atoms with Crippen molar-refractivity contribution in [2.45, 2.75) is 43.6 Å². The fourth-order valence-corrected chi connectivity index (χ4v) is 7.07. The minimum Gasteiger partial charge on any atom is -0.492 e. The Balaban J connectivity index is 1.63. The lowest BCUT2D eigenvalue weighted by Gasteiger charge is -2.25. The van der Waals surface area contributed by atoms with Crippen molar-refractivity contribution in [3.63, 3.8) is 0 Å². The Labute approximate surface area is 258 Å². The number of aryl methyl sites for hydroxylation is 1. The van der Waals surface area contributed by atoms with E-state index in [1.807, 2.05) is 67.6 Å². The second-order valence-electron chi connectivity index (χ2n) is 11.4. The number of carboxylic acids is 1. The fraction of sp³-hybridized carbons (Fsp3) is 0.375. The van der Waals surface area contributed by atoms with Crippen LogP contribution >= 0.6 is 0 Å². The molecule has 1 heterocycles. The Hall–Kier alpha value is -3.74. The van der Waals surface area contributed by atoms with Gasteiger partial charge >= 0.3 is 5.97 Å². The van der Waals surface area contributed by atoms with Gasteiger partial charge in [0.1, 0.15) is 28.2 Å². The Kier molecular flexibility index (Phi) is 10.5. The molecule has 1 fully saturated rings. The standard InChI is InChI=1S/C32H38N2O8S2/c1-22-9-7-8-12-27(22)29-17-23(13-14-28(29)31(35)33-30(32(36)37)15-16-43(2,38)39)19-34-20-26(44(3,40)41)18-24(34)21-42-25-10-5-4-6-11-25/h4-14,17,24,26,30H,15-16,18-21H2,1-3H3,(H,33,35)(H,36,37). The molecule has 12 heteroatoms. The van der Waals surface area contributed by atoms with Crippen LogP contribution in [0.3, 0.4) is 0 Å². The topological polar surface area (TPSA) is 147 Å². The first-order valence-electron chi connectivity index (χ1n) is 14.2. The molecular formula is C32H38N2O8S2. The van der Waals surface area contributed by atoms with Gasteiger partial charge in [-0.2, -0.15) is 0 Å². The number of nitrogens with one attached hydrogen (secondary N) is 1. The van der Waals surface area contributed by atoms with Crippen LogP contribution in [0.1, 0.15) is 34.3 Å². The summed E-state index contributed by atoms with van der Waals surface area (Å²) in [5.41, 5.74) is 3.35. The Morgan fingerprint density at radius 3 is 2.30 bits per heavy atom. The summed E-state index contributed by atoms with van der Waals surface area (Å²) >= 11 is 0. The van der Waals surface area contributed by atoms with Crippen LogP contribution in [-0.2, 0) is 31.0 Å². The zero-order valence-electron chi connectivity index (χ0n) is 25.0. The number of aliphatic carboxylic acids is 1. The van der Waals surface area contributed by atoms with Gasteiger partial charge in [-0.3, -0.25) is 9.69 Å². The smallest absolute Gasteiger partial charge is 0.326 e. The third kappa shape index (κ3) is 8.90. The molecule has 0 bridgehead atoms. The van der Waals surface area contributed by atoms with Gasteiger partial charge in [0.05, 0.1) is 11.0 Å². The van der Waals surface area contributed by atoms with Gasteiger partial charge in [-0.05, 0) is 66.3 Å². The molecule has 1 aliphatic rings. The fourth-order valence-electron chi connectivity index (χ4n) is 5.37. The first-order valence-corrected chi connectivity index (χ1v) is 18.2. The van der Waals surface area contributed by atoms with Crippen LogP contribution in [-0.4, -0.2) is 87.5 Å². The van der Waals surface area contributed by atoms with Gasteiger partial charge in [-0.25, -0.2) is 21.6 Å².